The van der Waals surface area contributed by atoms with Crippen molar-refractivity contribution in [2.45, 2.75) is 6.92 Å². The molecule has 0 spiro atoms. The van der Waals surface area contributed by atoms with Crippen molar-refractivity contribution in [2.24, 2.45) is 0 Å². The van der Waals surface area contributed by atoms with Crippen LogP contribution in [0, 0.1) is 6.92 Å². The van der Waals surface area contributed by atoms with Crippen LogP contribution in [0.25, 0.3) is 0 Å². The molecule has 2 aromatic rings. The summed E-state index contributed by atoms with van der Waals surface area (Å²) in [4.78, 5) is 25.5. The van der Waals surface area contributed by atoms with Gasteiger partial charge in [0, 0.05) is 11.1 Å². The largest absolute Gasteiger partial charge is 0.507 e. The second-order valence-electron chi connectivity index (χ2n) is 5.04. The first kappa shape index (κ1) is 14.1. The van der Waals surface area contributed by atoms with Crippen LogP contribution in [0.2, 0.25) is 0 Å². The van der Waals surface area contributed by atoms with E-state index >= 15 is 0 Å². The quantitative estimate of drug-likeness (QED) is 0.787. The number of hydrogen-bond donors (Lipinski definition) is 1. The second-order valence-corrected chi connectivity index (χ2v) is 5.04. The molecule has 0 unspecified atom stereocenters. The molecule has 3 rings (SSSR count). The highest BCUT2D eigenvalue weighted by molar-refractivity contribution is 6.30. The Kier molecular flexibility index (Phi) is 3.13. The topological polar surface area (TPSA) is 72.8 Å². The monoisotopic (exact) mass is 298 g/mol. The van der Waals surface area contributed by atoms with E-state index in [4.69, 9.17) is 9.47 Å². The number of aromatic hydroxyl groups is 1. The van der Waals surface area contributed by atoms with E-state index < -0.39 is 5.78 Å². The number of phenols is 1. The van der Waals surface area contributed by atoms with Crippen LogP contribution in [0.5, 0.6) is 17.2 Å². The minimum absolute atomic E-state index is 0.00389. The Morgan fingerprint density at radius 2 is 1.59 bits per heavy atom. The number of fused-ring (bicyclic) bond motifs is 2. The van der Waals surface area contributed by atoms with Crippen LogP contribution in [0.1, 0.15) is 37.4 Å². The molecule has 1 aliphatic rings. The lowest BCUT2D eigenvalue weighted by molar-refractivity contribution is 0.0973. The first-order valence-corrected chi connectivity index (χ1v) is 6.68. The van der Waals surface area contributed by atoms with E-state index in [1.807, 2.05) is 0 Å². The van der Waals surface area contributed by atoms with Crippen LogP contribution in [-0.2, 0) is 0 Å². The smallest absolute Gasteiger partial charge is 0.202 e. The van der Waals surface area contributed by atoms with Gasteiger partial charge in [0.05, 0.1) is 25.3 Å². The molecule has 0 saturated carbocycles. The molecule has 0 aromatic heterocycles. The van der Waals surface area contributed by atoms with Crippen LogP contribution in [-0.4, -0.2) is 30.9 Å². The van der Waals surface area contributed by atoms with Crippen LogP contribution in [0.3, 0.4) is 0 Å². The highest BCUT2D eigenvalue weighted by atomic mass is 16.5. The van der Waals surface area contributed by atoms with Crippen LogP contribution in [0.15, 0.2) is 24.3 Å². The molecule has 2 aromatic carbocycles. The number of carbonyl (C=O) groups is 2. The van der Waals surface area contributed by atoms with Crippen molar-refractivity contribution < 1.29 is 24.2 Å². The summed E-state index contributed by atoms with van der Waals surface area (Å²) >= 11 is 0. The number of benzene rings is 2. The summed E-state index contributed by atoms with van der Waals surface area (Å²) in [5.41, 5.74) is 1.29. The number of carbonyl (C=O) groups excluding carboxylic acids is 2. The Labute approximate surface area is 127 Å². The Morgan fingerprint density at radius 1 is 0.909 bits per heavy atom. The first-order chi connectivity index (χ1) is 10.5. The summed E-state index contributed by atoms with van der Waals surface area (Å²) < 4.78 is 10.6. The van der Waals surface area contributed by atoms with Gasteiger partial charge in [-0.15, -0.1) is 0 Å². The molecule has 1 N–H and O–H groups in total. The number of rotatable bonds is 2. The van der Waals surface area contributed by atoms with E-state index in [1.165, 1.54) is 32.4 Å². The van der Waals surface area contributed by atoms with E-state index in [9.17, 15) is 14.7 Å². The molecule has 0 amide bonds. The van der Waals surface area contributed by atoms with Crippen LogP contribution >= 0.6 is 0 Å². The van der Waals surface area contributed by atoms with Crippen molar-refractivity contribution >= 4 is 11.6 Å². The lowest BCUT2D eigenvalue weighted by Gasteiger charge is -2.22. The van der Waals surface area contributed by atoms with E-state index in [2.05, 4.69) is 0 Å². The summed E-state index contributed by atoms with van der Waals surface area (Å²) in [5.74, 6) is -0.364. The molecule has 22 heavy (non-hydrogen) atoms. The van der Waals surface area contributed by atoms with Crippen LogP contribution in [0.4, 0.5) is 0 Å². The Balaban J connectivity index is 2.40. The zero-order chi connectivity index (χ0) is 16.0. The van der Waals surface area contributed by atoms with Gasteiger partial charge in [-0.3, -0.25) is 9.59 Å². The van der Waals surface area contributed by atoms with Crippen molar-refractivity contribution in [2.75, 3.05) is 14.2 Å². The highest BCUT2D eigenvalue weighted by Crippen LogP contribution is 2.43. The predicted octanol–water partition coefficient (Wildman–Crippen LogP) is 2.49. The first-order valence-electron chi connectivity index (χ1n) is 6.68. The molecule has 0 heterocycles. The second kappa shape index (κ2) is 4.87. The van der Waals surface area contributed by atoms with Crippen molar-refractivity contribution in [3.63, 3.8) is 0 Å². The average molecular weight is 298 g/mol. The zero-order valence-corrected chi connectivity index (χ0v) is 12.4. The van der Waals surface area contributed by atoms with E-state index in [1.54, 1.807) is 13.0 Å². The maximum Gasteiger partial charge on any atom is 0.202 e. The van der Waals surface area contributed by atoms with E-state index in [0.717, 1.165) is 0 Å². The Bertz CT molecular complexity index is 820. The van der Waals surface area contributed by atoms with Gasteiger partial charge < -0.3 is 14.6 Å². The predicted molar refractivity (Wildman–Crippen MR) is 79.3 cm³/mol. The molecule has 0 radical (unpaired) electrons. The molecule has 0 fully saturated rings. The van der Waals surface area contributed by atoms with E-state index in [-0.39, 0.29) is 39.5 Å². The number of hydrogen-bond acceptors (Lipinski definition) is 5. The number of methoxy groups -OCH3 is 2. The summed E-state index contributed by atoms with van der Waals surface area (Å²) in [5, 5.41) is 9.97. The molecule has 1 aliphatic carbocycles. The molecule has 5 heteroatoms. The fourth-order valence-electron chi connectivity index (χ4n) is 2.86. The van der Waals surface area contributed by atoms with Gasteiger partial charge in [-0.2, -0.15) is 0 Å². The van der Waals surface area contributed by atoms with Gasteiger partial charge in [-0.1, -0.05) is 12.1 Å². The molecule has 0 atom stereocenters. The standard InChI is InChI=1S/C17H14O5/c1-8-7-10-13(17(22-3)16(8)21-2)15(20)12-9(14(10)19)5-4-6-11(12)18/h4-7,18H,1-3H3. The Morgan fingerprint density at radius 3 is 2.23 bits per heavy atom. The average Bonchev–Trinajstić information content (AvgIpc) is 2.51. The normalized spacial score (nSPS) is 12.7. The maximum atomic E-state index is 12.8. The summed E-state index contributed by atoms with van der Waals surface area (Å²) in [6.45, 7) is 1.78. The maximum absolute atomic E-state index is 12.8. The lowest BCUT2D eigenvalue weighted by Crippen LogP contribution is -2.22. The molecule has 0 aliphatic heterocycles. The number of ether oxygens (including phenoxy) is 2. The third kappa shape index (κ3) is 1.72. The van der Waals surface area contributed by atoms with Crippen molar-refractivity contribution in [1.29, 1.82) is 0 Å². The molecule has 5 nitrogen and oxygen atoms in total. The molecule has 112 valence electrons. The van der Waals surface area contributed by atoms with Crippen LogP contribution < -0.4 is 9.47 Å². The number of aryl methyl sites for hydroxylation is 1. The zero-order valence-electron chi connectivity index (χ0n) is 12.4. The minimum atomic E-state index is -0.446. The molecule has 0 bridgehead atoms. The van der Waals surface area contributed by atoms with Gasteiger partial charge in [-0.25, -0.2) is 0 Å². The molecular formula is C17H14O5. The van der Waals surface area contributed by atoms with Crippen molar-refractivity contribution in [3.05, 3.63) is 52.1 Å². The Hall–Kier alpha value is -2.82. The molecular weight excluding hydrogens is 284 g/mol. The SMILES string of the molecule is COc1c(C)cc2c(c1OC)C(=O)c1c(O)cccc1C2=O. The van der Waals surface area contributed by atoms with Crippen molar-refractivity contribution in [3.8, 4) is 17.2 Å². The lowest BCUT2D eigenvalue weighted by atomic mass is 9.82. The summed E-state index contributed by atoms with van der Waals surface area (Å²) in [6.07, 6.45) is 0. The van der Waals surface area contributed by atoms with Gasteiger partial charge in [-0.05, 0) is 24.6 Å². The highest BCUT2D eigenvalue weighted by Gasteiger charge is 2.36. The van der Waals surface area contributed by atoms with Gasteiger partial charge in [0.25, 0.3) is 0 Å². The fraction of sp³-hybridized carbons (Fsp3) is 0.176. The van der Waals surface area contributed by atoms with Gasteiger partial charge in [0.2, 0.25) is 5.78 Å². The number of ketones is 2. The third-order valence-corrected chi connectivity index (χ3v) is 3.82. The summed E-state index contributed by atoms with van der Waals surface area (Å²) in [7, 11) is 2.88. The van der Waals surface area contributed by atoms with Crippen molar-refractivity contribution in [1.82, 2.24) is 0 Å². The fourth-order valence-corrected chi connectivity index (χ4v) is 2.86. The summed E-state index contributed by atoms with van der Waals surface area (Å²) in [6, 6.07) is 6.07. The number of phenolic OH excluding ortho intramolecular Hbond substituents is 1. The van der Waals surface area contributed by atoms with Gasteiger partial charge >= 0.3 is 0 Å². The van der Waals surface area contributed by atoms with E-state index in [0.29, 0.717) is 11.3 Å². The van der Waals surface area contributed by atoms with Gasteiger partial charge in [0.15, 0.2) is 17.3 Å². The third-order valence-electron chi connectivity index (χ3n) is 3.82. The molecule has 0 saturated heterocycles. The minimum Gasteiger partial charge on any atom is -0.507 e. The van der Waals surface area contributed by atoms with Gasteiger partial charge in [0.1, 0.15) is 5.75 Å².